The van der Waals surface area contributed by atoms with Crippen LogP contribution in [0.4, 0.5) is 11.4 Å². The lowest BCUT2D eigenvalue weighted by Gasteiger charge is -2.31. The van der Waals surface area contributed by atoms with Gasteiger partial charge in [-0.1, -0.05) is 30.3 Å². The van der Waals surface area contributed by atoms with Crippen molar-refractivity contribution in [2.75, 3.05) is 50.0 Å². The minimum Gasteiger partial charge on any atom is -0.362 e. The number of nitrogens with zero attached hydrogens (tertiary/aromatic N) is 1. The Hall–Kier alpha value is -2.11. The van der Waals surface area contributed by atoms with E-state index in [4.69, 9.17) is 12.2 Å². The maximum absolute atomic E-state index is 5.39. The van der Waals surface area contributed by atoms with E-state index in [1.165, 1.54) is 24.3 Å². The molecule has 3 rings (SSSR count). The van der Waals surface area contributed by atoms with Gasteiger partial charge in [0.25, 0.3) is 0 Å². The first-order chi connectivity index (χ1) is 12.2. The van der Waals surface area contributed by atoms with Crippen LogP contribution in [0.2, 0.25) is 0 Å². The monoisotopic (exact) mass is 355 g/mol. The molecule has 2 aromatic rings. The maximum atomic E-state index is 5.39. The number of quaternary nitrogens is 1. The molecule has 2 aromatic carbocycles. The molecular weight excluding hydrogens is 328 g/mol. The van der Waals surface area contributed by atoms with Crippen LogP contribution in [-0.2, 0) is 6.42 Å². The number of likely N-dealkylation sites (N-methyl/N-ethyl adjacent to an activating group) is 1. The van der Waals surface area contributed by atoms with E-state index in [0.717, 1.165) is 31.7 Å². The lowest BCUT2D eigenvalue weighted by Crippen LogP contribution is -3.12. The highest BCUT2D eigenvalue weighted by Crippen LogP contribution is 2.17. The van der Waals surface area contributed by atoms with Crippen molar-refractivity contribution in [3.05, 3.63) is 60.2 Å². The molecule has 1 heterocycles. The van der Waals surface area contributed by atoms with Crippen LogP contribution in [0.5, 0.6) is 0 Å². The molecule has 3 N–H and O–H groups in total. The molecule has 1 saturated heterocycles. The van der Waals surface area contributed by atoms with Crippen LogP contribution in [0.1, 0.15) is 5.56 Å². The zero-order valence-corrected chi connectivity index (χ0v) is 15.6. The van der Waals surface area contributed by atoms with Crippen LogP contribution in [-0.4, -0.2) is 44.9 Å². The fourth-order valence-electron chi connectivity index (χ4n) is 3.04. The summed E-state index contributed by atoms with van der Waals surface area (Å²) < 4.78 is 0. The predicted octanol–water partition coefficient (Wildman–Crippen LogP) is 1.55. The van der Waals surface area contributed by atoms with Crippen molar-refractivity contribution < 1.29 is 4.90 Å². The molecule has 0 radical (unpaired) electrons. The largest absolute Gasteiger partial charge is 0.362 e. The summed E-state index contributed by atoms with van der Waals surface area (Å²) in [5.41, 5.74) is 3.64. The highest BCUT2D eigenvalue weighted by atomic mass is 32.1. The Bertz CT molecular complexity index is 664. The number of benzene rings is 2. The van der Waals surface area contributed by atoms with E-state index in [1.807, 2.05) is 6.07 Å². The number of thiocarbonyl (C=S) groups is 1. The fraction of sp³-hybridized carbons (Fsp3) is 0.350. The van der Waals surface area contributed by atoms with E-state index >= 15 is 0 Å². The van der Waals surface area contributed by atoms with Gasteiger partial charge in [-0.2, -0.15) is 0 Å². The average molecular weight is 356 g/mol. The van der Waals surface area contributed by atoms with Gasteiger partial charge in [-0.05, 0) is 48.5 Å². The van der Waals surface area contributed by atoms with E-state index in [9.17, 15) is 0 Å². The third kappa shape index (κ3) is 5.44. The first-order valence-electron chi connectivity index (χ1n) is 8.96. The second-order valence-corrected chi connectivity index (χ2v) is 7.02. The van der Waals surface area contributed by atoms with Gasteiger partial charge in [0.2, 0.25) is 0 Å². The lowest BCUT2D eigenvalue weighted by atomic mass is 10.1. The third-order valence-corrected chi connectivity index (χ3v) is 4.90. The van der Waals surface area contributed by atoms with Gasteiger partial charge in [-0.3, -0.25) is 0 Å². The molecule has 0 aromatic heterocycles. The number of hydrogen-bond donors (Lipinski definition) is 3. The Balaban J connectivity index is 1.44. The van der Waals surface area contributed by atoms with Crippen molar-refractivity contribution >= 4 is 28.7 Å². The molecule has 5 heteroatoms. The van der Waals surface area contributed by atoms with Crippen molar-refractivity contribution in [3.8, 4) is 0 Å². The Labute approximate surface area is 155 Å². The quantitative estimate of drug-likeness (QED) is 0.711. The van der Waals surface area contributed by atoms with Crippen LogP contribution in [0.3, 0.4) is 0 Å². The summed E-state index contributed by atoms with van der Waals surface area (Å²) in [5.74, 6) is 0. The topological polar surface area (TPSA) is 31.7 Å². The highest BCUT2D eigenvalue weighted by Gasteiger charge is 2.16. The van der Waals surface area contributed by atoms with Crippen molar-refractivity contribution in [3.63, 3.8) is 0 Å². The minimum atomic E-state index is 0.673. The molecule has 0 saturated carbocycles. The van der Waals surface area contributed by atoms with Crippen molar-refractivity contribution in [1.82, 2.24) is 5.32 Å². The molecule has 4 nitrogen and oxygen atoms in total. The Kier molecular flexibility index (Phi) is 6.25. The zero-order valence-electron chi connectivity index (χ0n) is 14.8. The Morgan fingerprint density at radius 3 is 2.40 bits per heavy atom. The summed E-state index contributed by atoms with van der Waals surface area (Å²) in [5, 5.41) is 7.21. The van der Waals surface area contributed by atoms with E-state index in [2.05, 4.69) is 71.1 Å². The second-order valence-electron chi connectivity index (χ2n) is 6.61. The summed E-state index contributed by atoms with van der Waals surface area (Å²) in [7, 11) is 2.26. The standard InChI is InChI=1S/C20H26N4S/c1-23-13-15-24(16-14-23)19-9-7-18(8-10-19)22-20(25)21-12-11-17-5-3-2-4-6-17/h2-10H,11-16H2,1H3,(H2,21,22,25)/p+1. The van der Waals surface area contributed by atoms with Crippen LogP contribution >= 0.6 is 12.2 Å². The molecule has 1 aliphatic heterocycles. The highest BCUT2D eigenvalue weighted by molar-refractivity contribution is 7.80. The Morgan fingerprint density at radius 2 is 1.72 bits per heavy atom. The molecule has 0 bridgehead atoms. The van der Waals surface area contributed by atoms with Gasteiger partial charge in [0, 0.05) is 17.9 Å². The number of hydrogen-bond acceptors (Lipinski definition) is 2. The minimum absolute atomic E-state index is 0.673. The van der Waals surface area contributed by atoms with Crippen LogP contribution in [0.25, 0.3) is 0 Å². The molecule has 0 atom stereocenters. The van der Waals surface area contributed by atoms with Gasteiger partial charge in [0.05, 0.1) is 33.2 Å². The van der Waals surface area contributed by atoms with Crippen molar-refractivity contribution in [1.29, 1.82) is 0 Å². The van der Waals surface area contributed by atoms with Gasteiger partial charge < -0.3 is 20.4 Å². The van der Waals surface area contributed by atoms with Crippen LogP contribution in [0.15, 0.2) is 54.6 Å². The second kappa shape index (κ2) is 8.83. The van der Waals surface area contributed by atoms with E-state index in [1.54, 1.807) is 4.90 Å². The summed E-state index contributed by atoms with van der Waals surface area (Å²) in [6.07, 6.45) is 0.965. The van der Waals surface area contributed by atoms with Crippen molar-refractivity contribution in [2.24, 2.45) is 0 Å². The smallest absolute Gasteiger partial charge is 0.170 e. The molecule has 1 fully saturated rings. The summed E-state index contributed by atoms with van der Waals surface area (Å²) in [4.78, 5) is 4.06. The lowest BCUT2D eigenvalue weighted by molar-refractivity contribution is -0.880. The zero-order chi connectivity index (χ0) is 17.5. The first-order valence-corrected chi connectivity index (χ1v) is 9.36. The fourth-order valence-corrected chi connectivity index (χ4v) is 3.26. The molecule has 0 spiro atoms. The maximum Gasteiger partial charge on any atom is 0.170 e. The van der Waals surface area contributed by atoms with Gasteiger partial charge in [-0.15, -0.1) is 0 Å². The van der Waals surface area contributed by atoms with Gasteiger partial charge in [0.15, 0.2) is 5.11 Å². The Morgan fingerprint density at radius 1 is 1.04 bits per heavy atom. The molecule has 0 amide bonds. The van der Waals surface area contributed by atoms with Crippen molar-refractivity contribution in [2.45, 2.75) is 6.42 Å². The van der Waals surface area contributed by atoms with Gasteiger partial charge >= 0.3 is 0 Å². The SMILES string of the molecule is C[NH+]1CCN(c2ccc(NC(=S)NCCc3ccccc3)cc2)CC1. The third-order valence-electron chi connectivity index (χ3n) is 4.65. The molecule has 0 unspecified atom stereocenters. The normalized spacial score (nSPS) is 15.0. The molecule has 25 heavy (non-hydrogen) atoms. The van der Waals surface area contributed by atoms with E-state index < -0.39 is 0 Å². The van der Waals surface area contributed by atoms with Crippen LogP contribution < -0.4 is 20.4 Å². The number of piperazine rings is 1. The molecular formula is C20H27N4S+. The number of rotatable bonds is 5. The number of anilines is 2. The van der Waals surface area contributed by atoms with Crippen LogP contribution in [0, 0.1) is 0 Å². The molecule has 0 aliphatic carbocycles. The average Bonchev–Trinajstić information content (AvgIpc) is 2.64. The van der Waals surface area contributed by atoms with E-state index in [0.29, 0.717) is 5.11 Å². The summed E-state index contributed by atoms with van der Waals surface area (Å²) in [6.45, 7) is 5.48. The molecule has 132 valence electrons. The van der Waals surface area contributed by atoms with Gasteiger partial charge in [0.1, 0.15) is 0 Å². The number of nitrogens with one attached hydrogen (secondary N) is 3. The van der Waals surface area contributed by atoms with E-state index in [-0.39, 0.29) is 0 Å². The molecule has 1 aliphatic rings. The predicted molar refractivity (Wildman–Crippen MR) is 110 cm³/mol. The van der Waals surface area contributed by atoms with Gasteiger partial charge in [-0.25, -0.2) is 0 Å². The first kappa shape index (κ1) is 17.7. The summed E-state index contributed by atoms with van der Waals surface area (Å²) >= 11 is 5.39. The summed E-state index contributed by atoms with van der Waals surface area (Å²) in [6, 6.07) is 19.0.